The van der Waals surface area contributed by atoms with Crippen LogP contribution in [0.3, 0.4) is 0 Å². The van der Waals surface area contributed by atoms with Gasteiger partial charge in [0.05, 0.1) is 31.6 Å². The molecule has 0 aliphatic heterocycles. The molecule has 0 aliphatic rings. The monoisotopic (exact) mass is 457 g/mol. The Morgan fingerprint density at radius 2 is 1.19 bits per heavy atom. The fourth-order valence-electron chi connectivity index (χ4n) is 3.69. The second kappa shape index (κ2) is 17.6. The molecule has 0 spiro atoms. The molecule has 0 heterocycles. The molecule has 1 aromatic carbocycles. The molecule has 1 unspecified atom stereocenters. The second-order valence-electron chi connectivity index (χ2n) is 8.96. The lowest BCUT2D eigenvalue weighted by atomic mass is 10.1. The standard InChI is InChI=1S/C18H40NO.C7H8O3S/c1-4-6-8-10-11-13-16-19(3,17-14-18-20)15-12-9-7-5-2;1-6-2-4-7(5-3-6)11(8,9)10/h20H,4-18H2,1-3H3;2-5H,1H3,(H,8,9,10)/q+1;/p-1. The summed E-state index contributed by atoms with van der Waals surface area (Å²) in [5, 5.41) is 9.10. The highest BCUT2D eigenvalue weighted by Gasteiger charge is 2.19. The number of aliphatic hydroxyl groups excluding tert-OH is 1. The first kappa shape index (κ1) is 30.0. The third kappa shape index (κ3) is 16.4. The van der Waals surface area contributed by atoms with Crippen LogP contribution in [0.5, 0.6) is 0 Å². The molecule has 0 saturated carbocycles. The second-order valence-corrected chi connectivity index (χ2v) is 10.3. The van der Waals surface area contributed by atoms with Gasteiger partial charge in [0.1, 0.15) is 10.1 Å². The summed E-state index contributed by atoms with van der Waals surface area (Å²) in [6.07, 6.45) is 14.7. The van der Waals surface area contributed by atoms with Crippen LogP contribution in [-0.4, -0.2) is 55.8 Å². The van der Waals surface area contributed by atoms with E-state index in [9.17, 15) is 13.0 Å². The molecule has 1 aromatic rings. The largest absolute Gasteiger partial charge is 0.744 e. The van der Waals surface area contributed by atoms with E-state index in [4.69, 9.17) is 5.11 Å². The average molecular weight is 458 g/mol. The first-order chi connectivity index (χ1) is 14.7. The van der Waals surface area contributed by atoms with Gasteiger partial charge in [-0.15, -0.1) is 0 Å². The summed E-state index contributed by atoms with van der Waals surface area (Å²) in [7, 11) is -1.87. The minimum atomic E-state index is -4.27. The van der Waals surface area contributed by atoms with Crippen LogP contribution in [0.4, 0.5) is 0 Å². The Hall–Kier alpha value is -0.950. The van der Waals surface area contributed by atoms with Crippen molar-refractivity contribution in [2.45, 2.75) is 96.3 Å². The number of hydrogen-bond donors (Lipinski definition) is 1. The van der Waals surface area contributed by atoms with Crippen LogP contribution in [0.1, 0.15) is 90.0 Å². The van der Waals surface area contributed by atoms with Gasteiger partial charge in [-0.2, -0.15) is 0 Å². The molecule has 0 amide bonds. The number of nitrogens with zero attached hydrogens (tertiary/aromatic N) is 1. The van der Waals surface area contributed by atoms with E-state index < -0.39 is 10.1 Å². The molecule has 5 nitrogen and oxygen atoms in total. The fourth-order valence-corrected chi connectivity index (χ4v) is 4.16. The number of aliphatic hydroxyl groups is 1. The fraction of sp³-hybridized carbons (Fsp3) is 0.760. The van der Waals surface area contributed by atoms with E-state index in [1.165, 1.54) is 93.9 Å². The van der Waals surface area contributed by atoms with E-state index in [0.717, 1.165) is 18.5 Å². The zero-order valence-electron chi connectivity index (χ0n) is 20.4. The van der Waals surface area contributed by atoms with E-state index >= 15 is 0 Å². The van der Waals surface area contributed by atoms with Gasteiger partial charge in [0.25, 0.3) is 0 Å². The van der Waals surface area contributed by atoms with Gasteiger partial charge in [-0.1, -0.05) is 70.1 Å². The molecule has 1 N–H and O–H groups in total. The van der Waals surface area contributed by atoms with Crippen molar-refractivity contribution in [1.29, 1.82) is 0 Å². The SMILES string of the molecule is CCCCCCCC[N+](C)(CCCO)CCCCCC.Cc1ccc(S(=O)(=O)[O-])cc1. The number of unbranched alkanes of at least 4 members (excludes halogenated alkanes) is 8. The summed E-state index contributed by atoms with van der Waals surface area (Å²) in [6.45, 7) is 10.5. The Balaban J connectivity index is 0.000000683. The van der Waals surface area contributed by atoms with Crippen molar-refractivity contribution >= 4 is 10.1 Å². The van der Waals surface area contributed by atoms with Gasteiger partial charge in [0.2, 0.25) is 0 Å². The molecule has 0 bridgehead atoms. The number of quaternary nitrogens is 1. The third-order valence-electron chi connectivity index (χ3n) is 5.77. The molecular formula is C25H47NO4S. The Morgan fingerprint density at radius 1 is 0.774 bits per heavy atom. The van der Waals surface area contributed by atoms with E-state index in [1.54, 1.807) is 12.1 Å². The van der Waals surface area contributed by atoms with Gasteiger partial charge >= 0.3 is 0 Å². The summed E-state index contributed by atoms with van der Waals surface area (Å²) in [4.78, 5) is -0.178. The molecule has 0 aromatic heterocycles. The first-order valence-corrected chi connectivity index (χ1v) is 13.6. The van der Waals surface area contributed by atoms with Gasteiger partial charge in [-0.25, -0.2) is 8.42 Å². The van der Waals surface area contributed by atoms with Crippen molar-refractivity contribution in [3.63, 3.8) is 0 Å². The maximum Gasteiger partial charge on any atom is 0.124 e. The summed E-state index contributed by atoms with van der Waals surface area (Å²) < 4.78 is 32.3. The van der Waals surface area contributed by atoms with Gasteiger partial charge in [-0.05, 0) is 44.7 Å². The number of benzene rings is 1. The van der Waals surface area contributed by atoms with E-state index in [2.05, 4.69) is 20.9 Å². The minimum Gasteiger partial charge on any atom is -0.744 e. The van der Waals surface area contributed by atoms with Crippen LogP contribution < -0.4 is 0 Å². The van der Waals surface area contributed by atoms with E-state index in [-0.39, 0.29) is 4.90 Å². The normalized spacial score (nSPS) is 13.4. The van der Waals surface area contributed by atoms with Crippen LogP contribution in [0.25, 0.3) is 0 Å². The highest BCUT2D eigenvalue weighted by Crippen LogP contribution is 2.13. The predicted molar refractivity (Wildman–Crippen MR) is 129 cm³/mol. The molecule has 182 valence electrons. The van der Waals surface area contributed by atoms with Gasteiger partial charge in [0, 0.05) is 13.0 Å². The number of rotatable bonds is 16. The maximum atomic E-state index is 10.4. The predicted octanol–water partition coefficient (Wildman–Crippen LogP) is 5.66. The highest BCUT2D eigenvalue weighted by molar-refractivity contribution is 7.85. The van der Waals surface area contributed by atoms with Gasteiger partial charge in [-0.3, -0.25) is 0 Å². The summed E-state index contributed by atoms with van der Waals surface area (Å²) in [5.41, 5.74) is 0.928. The number of aryl methyl sites for hydroxylation is 1. The molecule has 0 radical (unpaired) electrons. The quantitative estimate of drug-likeness (QED) is 0.197. The molecule has 31 heavy (non-hydrogen) atoms. The van der Waals surface area contributed by atoms with Gasteiger partial charge in [0.15, 0.2) is 0 Å². The molecular weight excluding hydrogens is 410 g/mol. The Morgan fingerprint density at radius 3 is 1.65 bits per heavy atom. The van der Waals surface area contributed by atoms with Crippen LogP contribution >= 0.6 is 0 Å². The molecule has 0 aliphatic carbocycles. The first-order valence-electron chi connectivity index (χ1n) is 12.2. The number of hydrogen-bond acceptors (Lipinski definition) is 4. The Bertz CT molecular complexity index is 646. The Kier molecular flexibility index (Phi) is 17.0. The van der Waals surface area contributed by atoms with Crippen molar-refractivity contribution in [2.24, 2.45) is 0 Å². The lowest BCUT2D eigenvalue weighted by Crippen LogP contribution is -2.46. The lowest BCUT2D eigenvalue weighted by molar-refractivity contribution is -0.910. The van der Waals surface area contributed by atoms with Crippen molar-refractivity contribution < 1.29 is 22.6 Å². The molecule has 1 rings (SSSR count). The summed E-state index contributed by atoms with van der Waals surface area (Å²) >= 11 is 0. The van der Waals surface area contributed by atoms with Crippen LogP contribution in [0, 0.1) is 6.92 Å². The van der Waals surface area contributed by atoms with Crippen molar-refractivity contribution in [1.82, 2.24) is 0 Å². The van der Waals surface area contributed by atoms with Crippen LogP contribution in [-0.2, 0) is 10.1 Å². The Labute approximate surface area is 192 Å². The van der Waals surface area contributed by atoms with E-state index in [0.29, 0.717) is 6.61 Å². The third-order valence-corrected chi connectivity index (χ3v) is 6.62. The molecule has 6 heteroatoms. The summed E-state index contributed by atoms with van der Waals surface area (Å²) in [5.74, 6) is 0. The smallest absolute Gasteiger partial charge is 0.124 e. The summed E-state index contributed by atoms with van der Waals surface area (Å²) in [6, 6.07) is 5.78. The minimum absolute atomic E-state index is 0.178. The maximum absolute atomic E-state index is 10.4. The highest BCUT2D eigenvalue weighted by atomic mass is 32.2. The van der Waals surface area contributed by atoms with Crippen molar-refractivity contribution in [3.8, 4) is 0 Å². The zero-order chi connectivity index (χ0) is 23.6. The lowest BCUT2D eigenvalue weighted by Gasteiger charge is -2.35. The van der Waals surface area contributed by atoms with Crippen LogP contribution in [0.15, 0.2) is 29.2 Å². The van der Waals surface area contributed by atoms with Crippen molar-refractivity contribution in [3.05, 3.63) is 29.8 Å². The zero-order valence-corrected chi connectivity index (χ0v) is 21.3. The molecule has 0 fully saturated rings. The van der Waals surface area contributed by atoms with E-state index in [1.807, 2.05) is 6.92 Å². The average Bonchev–Trinajstić information content (AvgIpc) is 2.73. The van der Waals surface area contributed by atoms with Crippen LogP contribution in [0.2, 0.25) is 0 Å². The van der Waals surface area contributed by atoms with Gasteiger partial charge < -0.3 is 14.1 Å². The molecule has 1 atom stereocenters. The topological polar surface area (TPSA) is 77.4 Å². The molecule has 0 saturated heterocycles. The van der Waals surface area contributed by atoms with Crippen molar-refractivity contribution in [2.75, 3.05) is 33.3 Å².